The quantitative estimate of drug-likeness (QED) is 0.158. The molecule has 0 bridgehead atoms. The zero-order valence-electron chi connectivity index (χ0n) is 36.9. The SMILES string of the molecule is Cc1ccc(-c2ccc3c4ccccc4n(-c4cc(C#N)c(-n5c6ccccc6c6ccc(-c7ccc(C(F)(F)F)cc7C(F)(F)F)cc65)cc4-c4cc(C(F)(F)F)cc(C(F)(F)F)c4)c3c2)c(C(F)(F)F)c1. The van der Waals surface area contributed by atoms with Gasteiger partial charge in [0.05, 0.1) is 66.8 Å². The molecule has 0 saturated heterocycles. The number of rotatable bonds is 5. The number of hydrogen-bond acceptors (Lipinski definition) is 1. The molecule has 0 aliphatic heterocycles. The zero-order chi connectivity index (χ0) is 52.3. The van der Waals surface area contributed by atoms with Gasteiger partial charge in [-0.25, -0.2) is 0 Å². The van der Waals surface area contributed by atoms with Crippen LogP contribution in [0.2, 0.25) is 0 Å². The van der Waals surface area contributed by atoms with Crippen molar-refractivity contribution in [3.8, 4) is 50.8 Å². The number of halogens is 15. The summed E-state index contributed by atoms with van der Waals surface area (Å²) in [6.07, 6.45) is -26.0. The first-order chi connectivity index (χ1) is 34.2. The highest BCUT2D eigenvalue weighted by Gasteiger charge is 2.40. The molecule has 0 aliphatic rings. The summed E-state index contributed by atoms with van der Waals surface area (Å²) in [7, 11) is 0. The van der Waals surface area contributed by atoms with E-state index >= 15 is 0 Å². The van der Waals surface area contributed by atoms with Crippen LogP contribution < -0.4 is 0 Å². The molecule has 368 valence electrons. The van der Waals surface area contributed by atoms with E-state index in [9.17, 15) is 71.1 Å². The van der Waals surface area contributed by atoms with Crippen LogP contribution in [0.5, 0.6) is 0 Å². The first-order valence-electron chi connectivity index (χ1n) is 21.6. The van der Waals surface area contributed by atoms with E-state index in [0.717, 1.165) is 12.1 Å². The number of nitrogens with zero attached hydrogens (tertiary/aromatic N) is 3. The van der Waals surface area contributed by atoms with Crippen LogP contribution in [0.1, 0.15) is 38.9 Å². The maximum atomic E-state index is 14.7. The highest BCUT2D eigenvalue weighted by Crippen LogP contribution is 2.47. The van der Waals surface area contributed by atoms with E-state index in [4.69, 9.17) is 0 Å². The molecule has 73 heavy (non-hydrogen) atoms. The predicted octanol–water partition coefficient (Wildman–Crippen LogP) is 18.2. The molecule has 0 N–H and O–H groups in total. The highest BCUT2D eigenvalue weighted by molar-refractivity contribution is 6.12. The molecule has 10 rings (SSSR count). The summed E-state index contributed by atoms with van der Waals surface area (Å²) in [6, 6.07) is 30.9. The van der Waals surface area contributed by atoms with Crippen LogP contribution in [0.3, 0.4) is 0 Å². The number of aromatic nitrogens is 2. The molecule has 3 nitrogen and oxygen atoms in total. The van der Waals surface area contributed by atoms with E-state index in [-0.39, 0.29) is 73.4 Å². The molecule has 0 saturated carbocycles. The second-order valence-corrected chi connectivity index (χ2v) is 17.3. The fourth-order valence-corrected chi connectivity index (χ4v) is 9.52. The monoisotopic (exact) mass is 1020 g/mol. The molecule has 0 fully saturated rings. The normalized spacial score (nSPS) is 12.9. The number of fused-ring (bicyclic) bond motifs is 6. The molecule has 2 heterocycles. The van der Waals surface area contributed by atoms with Crippen molar-refractivity contribution in [3.63, 3.8) is 0 Å². The Kier molecular flexibility index (Phi) is 11.1. The zero-order valence-corrected chi connectivity index (χ0v) is 36.9. The minimum absolute atomic E-state index is 0.0296. The highest BCUT2D eigenvalue weighted by atomic mass is 19.4. The van der Waals surface area contributed by atoms with E-state index < -0.39 is 69.8 Å². The van der Waals surface area contributed by atoms with Crippen LogP contribution in [0.15, 0.2) is 152 Å². The number of alkyl halides is 15. The summed E-state index contributed by atoms with van der Waals surface area (Å²) in [5, 5.41) is 12.6. The Morgan fingerprint density at radius 2 is 0.808 bits per heavy atom. The van der Waals surface area contributed by atoms with Gasteiger partial charge in [-0.1, -0.05) is 84.4 Å². The topological polar surface area (TPSA) is 33.6 Å². The van der Waals surface area contributed by atoms with E-state index in [1.165, 1.54) is 76.7 Å². The van der Waals surface area contributed by atoms with Crippen molar-refractivity contribution in [2.24, 2.45) is 0 Å². The standard InChI is InChI=1S/C55H28F15N3/c1-28-10-14-36(43(18-28)54(65,66)67)29-11-16-41-39-7-3-5-9-46(39)73(49(41)22-29)50-23-32(27-71)47(26-42(50)31-19-34(52(59,60)61)24-35(20-31)53(62,63)64)72-45-8-4-2-6-38(45)40-15-12-30(21-48(40)72)37-17-13-33(51(56,57)58)25-44(37)55(68,69)70/h2-26H,1H3. The van der Waals surface area contributed by atoms with Gasteiger partial charge >= 0.3 is 30.9 Å². The molecule has 0 radical (unpaired) electrons. The number of aryl methyl sites for hydroxylation is 1. The second-order valence-electron chi connectivity index (χ2n) is 17.3. The summed E-state index contributed by atoms with van der Waals surface area (Å²) in [4.78, 5) is 0. The van der Waals surface area contributed by atoms with Crippen molar-refractivity contribution in [1.29, 1.82) is 5.26 Å². The largest absolute Gasteiger partial charge is 0.417 e. The second kappa shape index (κ2) is 16.7. The van der Waals surface area contributed by atoms with Gasteiger partial charge in [-0.15, -0.1) is 0 Å². The van der Waals surface area contributed by atoms with Crippen molar-refractivity contribution < 1.29 is 65.9 Å². The summed E-state index contributed by atoms with van der Waals surface area (Å²) >= 11 is 0. The molecule has 0 spiro atoms. The average Bonchev–Trinajstić information content (AvgIpc) is 3.84. The third-order valence-electron chi connectivity index (χ3n) is 12.7. The number of para-hydroxylation sites is 2. The molecule has 0 atom stereocenters. The Morgan fingerprint density at radius 1 is 0.356 bits per heavy atom. The lowest BCUT2D eigenvalue weighted by Crippen LogP contribution is -2.12. The van der Waals surface area contributed by atoms with E-state index in [2.05, 4.69) is 0 Å². The lowest BCUT2D eigenvalue weighted by atomic mass is 9.95. The average molecular weight is 1020 g/mol. The molecular formula is C55H28F15N3. The van der Waals surface area contributed by atoms with Crippen LogP contribution in [0.25, 0.3) is 88.4 Å². The minimum Gasteiger partial charge on any atom is -0.309 e. The van der Waals surface area contributed by atoms with Gasteiger partial charge in [0.2, 0.25) is 0 Å². The predicted molar refractivity (Wildman–Crippen MR) is 246 cm³/mol. The van der Waals surface area contributed by atoms with Crippen molar-refractivity contribution >= 4 is 43.6 Å². The van der Waals surface area contributed by atoms with Gasteiger partial charge in [-0.3, -0.25) is 0 Å². The van der Waals surface area contributed by atoms with Crippen molar-refractivity contribution in [2.75, 3.05) is 0 Å². The lowest BCUT2D eigenvalue weighted by molar-refractivity contribution is -0.144. The number of nitriles is 1. The minimum atomic E-state index is -5.35. The summed E-state index contributed by atoms with van der Waals surface area (Å²) in [5.74, 6) is 0. The molecular weight excluding hydrogens is 988 g/mol. The van der Waals surface area contributed by atoms with Crippen molar-refractivity contribution in [3.05, 3.63) is 191 Å². The fraction of sp³-hybridized carbons (Fsp3) is 0.109. The van der Waals surface area contributed by atoms with Crippen molar-refractivity contribution in [2.45, 2.75) is 37.8 Å². The Morgan fingerprint density at radius 3 is 1.29 bits per heavy atom. The molecule has 0 aliphatic carbocycles. The smallest absolute Gasteiger partial charge is 0.309 e. The van der Waals surface area contributed by atoms with Crippen LogP contribution in [0.4, 0.5) is 65.9 Å². The molecule has 0 unspecified atom stereocenters. The maximum absolute atomic E-state index is 14.7. The number of benzene rings is 8. The maximum Gasteiger partial charge on any atom is 0.417 e. The molecule has 18 heteroatoms. The number of hydrogen-bond donors (Lipinski definition) is 0. The fourth-order valence-electron chi connectivity index (χ4n) is 9.52. The Bertz CT molecular complexity index is 3900. The molecule has 0 amide bonds. The van der Waals surface area contributed by atoms with Crippen LogP contribution in [0, 0.1) is 18.3 Å². The summed E-state index contributed by atoms with van der Waals surface area (Å²) in [6.45, 7) is 1.47. The third-order valence-corrected chi connectivity index (χ3v) is 12.7. The molecule has 2 aromatic heterocycles. The Hall–Kier alpha value is -8.20. The van der Waals surface area contributed by atoms with E-state index in [1.54, 1.807) is 42.5 Å². The lowest BCUT2D eigenvalue weighted by Gasteiger charge is -2.21. The Labute approximate surface area is 402 Å². The first-order valence-corrected chi connectivity index (χ1v) is 21.6. The molecule has 8 aromatic carbocycles. The van der Waals surface area contributed by atoms with Gasteiger partial charge in [0.15, 0.2) is 0 Å². The third kappa shape index (κ3) is 8.45. The van der Waals surface area contributed by atoms with Crippen LogP contribution in [-0.2, 0) is 30.9 Å². The Balaban J connectivity index is 1.33. The molecule has 10 aromatic rings. The summed E-state index contributed by atoms with van der Waals surface area (Å²) in [5.41, 5.74) is -9.51. The van der Waals surface area contributed by atoms with E-state index in [0.29, 0.717) is 51.4 Å². The van der Waals surface area contributed by atoms with Crippen LogP contribution >= 0.6 is 0 Å². The van der Waals surface area contributed by atoms with E-state index in [1.807, 2.05) is 6.07 Å². The van der Waals surface area contributed by atoms with Gasteiger partial charge in [-0.2, -0.15) is 71.1 Å². The van der Waals surface area contributed by atoms with Crippen molar-refractivity contribution in [1.82, 2.24) is 9.13 Å². The van der Waals surface area contributed by atoms with Gasteiger partial charge in [0.1, 0.15) is 6.07 Å². The van der Waals surface area contributed by atoms with Gasteiger partial charge in [-0.05, 0) is 108 Å². The van der Waals surface area contributed by atoms with Gasteiger partial charge in [0.25, 0.3) is 0 Å². The summed E-state index contributed by atoms with van der Waals surface area (Å²) < 4.78 is 220. The first kappa shape index (κ1) is 48.4. The van der Waals surface area contributed by atoms with Gasteiger partial charge < -0.3 is 9.13 Å². The van der Waals surface area contributed by atoms with Crippen LogP contribution in [-0.4, -0.2) is 9.13 Å². The van der Waals surface area contributed by atoms with Gasteiger partial charge in [0, 0.05) is 27.1 Å².